The van der Waals surface area contributed by atoms with Crippen LogP contribution in [0.1, 0.15) is 41.0 Å². The zero-order valence-electron chi connectivity index (χ0n) is 16.3. The van der Waals surface area contributed by atoms with Crippen LogP contribution in [0.25, 0.3) is 0 Å². The minimum absolute atomic E-state index is 0.0116. The van der Waals surface area contributed by atoms with Crippen molar-refractivity contribution in [3.05, 3.63) is 24.3 Å². The summed E-state index contributed by atoms with van der Waals surface area (Å²) in [6.45, 7) is 15.4. The lowest BCUT2D eigenvalue weighted by Gasteiger charge is -2.32. The average Bonchev–Trinajstić information content (AvgIpc) is 2.55. The fourth-order valence-corrected chi connectivity index (χ4v) is 2.66. The van der Waals surface area contributed by atoms with Crippen LogP contribution in [0, 0.1) is 5.41 Å². The van der Waals surface area contributed by atoms with Crippen molar-refractivity contribution in [1.29, 1.82) is 0 Å². The van der Waals surface area contributed by atoms with Gasteiger partial charge in [-0.15, -0.1) is 0 Å². The molecule has 0 aliphatic carbocycles. The topological polar surface area (TPSA) is 53.6 Å². The largest absolute Gasteiger partial charge is 0.488 e. The van der Waals surface area contributed by atoms with Gasteiger partial charge in [0, 0.05) is 43.8 Å². The molecule has 5 heteroatoms. The number of anilines is 1. The van der Waals surface area contributed by atoms with Crippen molar-refractivity contribution < 1.29 is 9.53 Å². The molecule has 0 atom stereocenters. The molecule has 2 N–H and O–H groups in total. The summed E-state index contributed by atoms with van der Waals surface area (Å²) in [5.41, 5.74) is 0.174. The molecule has 0 spiro atoms. The highest BCUT2D eigenvalue weighted by Gasteiger charge is 2.23. The van der Waals surface area contributed by atoms with Crippen molar-refractivity contribution in [2.75, 3.05) is 38.0 Å². The Labute approximate surface area is 152 Å². The first-order valence-electron chi connectivity index (χ1n) is 9.19. The van der Waals surface area contributed by atoms with Crippen LogP contribution < -0.4 is 15.4 Å². The number of rotatable bonds is 6. The molecule has 0 bridgehead atoms. The molecule has 0 aromatic heterocycles. The number of hydrogen-bond donors (Lipinski definition) is 2. The molecule has 1 amide bonds. The van der Waals surface area contributed by atoms with E-state index < -0.39 is 5.41 Å². The predicted molar refractivity (Wildman–Crippen MR) is 103 cm³/mol. The van der Waals surface area contributed by atoms with Crippen LogP contribution in [0.5, 0.6) is 5.75 Å². The number of ether oxygens (including phenoxy) is 1. The Morgan fingerprint density at radius 2 is 1.72 bits per heavy atom. The first-order chi connectivity index (χ1) is 11.7. The fourth-order valence-electron chi connectivity index (χ4n) is 2.66. The first kappa shape index (κ1) is 19.7. The lowest BCUT2D eigenvalue weighted by molar-refractivity contribution is -0.123. The van der Waals surface area contributed by atoms with E-state index in [0.29, 0.717) is 0 Å². The standard InChI is InChI=1S/C20H33N3O2/c1-19(2,3)18(24)22-16-6-8-17(9-7-16)25-20(4,5)10-13-23-14-11-21-12-15-23/h6-9,21H,10-15H2,1-5H3,(H,22,24). The summed E-state index contributed by atoms with van der Waals surface area (Å²) in [5.74, 6) is 0.844. The third-order valence-corrected chi connectivity index (χ3v) is 4.43. The van der Waals surface area contributed by atoms with E-state index in [1.807, 2.05) is 45.0 Å². The lowest BCUT2D eigenvalue weighted by atomic mass is 9.95. The van der Waals surface area contributed by atoms with Crippen molar-refractivity contribution in [2.24, 2.45) is 5.41 Å². The van der Waals surface area contributed by atoms with Crippen LogP contribution >= 0.6 is 0 Å². The Balaban J connectivity index is 1.85. The minimum atomic E-state index is -0.402. The second-order valence-electron chi connectivity index (χ2n) is 8.43. The van der Waals surface area contributed by atoms with Gasteiger partial charge in [0.05, 0.1) is 0 Å². The third-order valence-electron chi connectivity index (χ3n) is 4.43. The zero-order chi connectivity index (χ0) is 18.5. The Hall–Kier alpha value is -1.59. The number of nitrogens with one attached hydrogen (secondary N) is 2. The highest BCUT2D eigenvalue weighted by molar-refractivity contribution is 5.94. The van der Waals surface area contributed by atoms with E-state index in [0.717, 1.165) is 50.6 Å². The van der Waals surface area contributed by atoms with E-state index in [2.05, 4.69) is 29.4 Å². The summed E-state index contributed by atoms with van der Waals surface area (Å²) >= 11 is 0. The third kappa shape index (κ3) is 6.67. The zero-order valence-corrected chi connectivity index (χ0v) is 16.3. The first-order valence-corrected chi connectivity index (χ1v) is 9.19. The van der Waals surface area contributed by atoms with E-state index in [4.69, 9.17) is 4.74 Å². The van der Waals surface area contributed by atoms with E-state index >= 15 is 0 Å². The van der Waals surface area contributed by atoms with Crippen LogP contribution in [0.2, 0.25) is 0 Å². The lowest BCUT2D eigenvalue weighted by Crippen LogP contribution is -2.45. The van der Waals surface area contributed by atoms with Gasteiger partial charge in [-0.25, -0.2) is 0 Å². The quantitative estimate of drug-likeness (QED) is 0.830. The van der Waals surface area contributed by atoms with Crippen molar-refractivity contribution in [1.82, 2.24) is 10.2 Å². The van der Waals surface area contributed by atoms with Crippen LogP contribution in [-0.2, 0) is 4.79 Å². The van der Waals surface area contributed by atoms with Gasteiger partial charge >= 0.3 is 0 Å². The molecule has 1 fully saturated rings. The summed E-state index contributed by atoms with van der Waals surface area (Å²) in [6.07, 6.45) is 0.982. The molecular weight excluding hydrogens is 314 g/mol. The molecule has 2 rings (SSSR count). The van der Waals surface area contributed by atoms with Gasteiger partial charge in [0.15, 0.2) is 0 Å². The highest BCUT2D eigenvalue weighted by atomic mass is 16.5. The van der Waals surface area contributed by atoms with Crippen molar-refractivity contribution in [2.45, 2.75) is 46.6 Å². The number of carbonyl (C=O) groups is 1. The molecule has 0 saturated carbocycles. The van der Waals surface area contributed by atoms with Crippen LogP contribution in [0.15, 0.2) is 24.3 Å². The van der Waals surface area contributed by atoms with Crippen molar-refractivity contribution in [3.63, 3.8) is 0 Å². The van der Waals surface area contributed by atoms with Gasteiger partial charge in [-0.1, -0.05) is 20.8 Å². The molecule has 5 nitrogen and oxygen atoms in total. The Morgan fingerprint density at radius 1 is 1.12 bits per heavy atom. The van der Waals surface area contributed by atoms with Gasteiger partial charge in [0.1, 0.15) is 11.4 Å². The number of amides is 1. The van der Waals surface area contributed by atoms with Gasteiger partial charge in [-0.2, -0.15) is 0 Å². The Morgan fingerprint density at radius 3 is 2.28 bits per heavy atom. The molecule has 140 valence electrons. The summed E-state index contributed by atoms with van der Waals surface area (Å²) < 4.78 is 6.17. The van der Waals surface area contributed by atoms with Gasteiger partial charge in [-0.05, 0) is 44.5 Å². The molecule has 1 aliphatic heterocycles. The smallest absolute Gasteiger partial charge is 0.229 e. The predicted octanol–water partition coefficient (Wildman–Crippen LogP) is 3.12. The maximum Gasteiger partial charge on any atom is 0.229 e. The molecule has 0 unspecified atom stereocenters. The average molecular weight is 348 g/mol. The fraction of sp³-hybridized carbons (Fsp3) is 0.650. The normalized spacial score (nSPS) is 16.5. The number of nitrogens with zero attached hydrogens (tertiary/aromatic N) is 1. The number of benzene rings is 1. The van der Waals surface area contributed by atoms with Gasteiger partial charge in [0.25, 0.3) is 0 Å². The molecular formula is C20H33N3O2. The number of piperazine rings is 1. The maximum atomic E-state index is 12.0. The second kappa shape index (κ2) is 8.19. The Kier molecular flexibility index (Phi) is 6.47. The molecule has 1 aromatic carbocycles. The molecule has 25 heavy (non-hydrogen) atoms. The van der Waals surface area contributed by atoms with E-state index in [1.54, 1.807) is 0 Å². The molecule has 1 heterocycles. The number of hydrogen-bond acceptors (Lipinski definition) is 4. The Bertz CT molecular complexity index is 555. The SMILES string of the molecule is CC(C)(CCN1CCNCC1)Oc1ccc(NC(=O)C(C)(C)C)cc1. The highest BCUT2D eigenvalue weighted by Crippen LogP contribution is 2.24. The van der Waals surface area contributed by atoms with E-state index in [9.17, 15) is 4.79 Å². The summed E-state index contributed by atoms with van der Waals surface area (Å²) in [7, 11) is 0. The molecule has 0 radical (unpaired) electrons. The summed E-state index contributed by atoms with van der Waals surface area (Å²) in [6, 6.07) is 7.63. The molecule has 1 aromatic rings. The minimum Gasteiger partial charge on any atom is -0.488 e. The van der Waals surface area contributed by atoms with E-state index in [1.165, 1.54) is 0 Å². The second-order valence-corrected chi connectivity index (χ2v) is 8.43. The van der Waals surface area contributed by atoms with Crippen molar-refractivity contribution in [3.8, 4) is 5.75 Å². The summed E-state index contributed by atoms with van der Waals surface area (Å²) in [5, 5.41) is 6.31. The molecule has 1 saturated heterocycles. The molecule has 1 aliphatic rings. The van der Waals surface area contributed by atoms with Crippen molar-refractivity contribution >= 4 is 11.6 Å². The van der Waals surface area contributed by atoms with E-state index in [-0.39, 0.29) is 11.5 Å². The monoisotopic (exact) mass is 347 g/mol. The summed E-state index contributed by atoms with van der Waals surface area (Å²) in [4.78, 5) is 14.5. The van der Waals surface area contributed by atoms with Gasteiger partial charge in [0.2, 0.25) is 5.91 Å². The number of carbonyl (C=O) groups excluding carboxylic acids is 1. The van der Waals surface area contributed by atoms with Gasteiger partial charge in [-0.3, -0.25) is 4.79 Å². The maximum absolute atomic E-state index is 12.0. The van der Waals surface area contributed by atoms with Gasteiger partial charge < -0.3 is 20.3 Å². The van der Waals surface area contributed by atoms with Crippen LogP contribution in [0.3, 0.4) is 0 Å². The van der Waals surface area contributed by atoms with Crippen LogP contribution in [0.4, 0.5) is 5.69 Å². The van der Waals surface area contributed by atoms with Crippen LogP contribution in [-0.4, -0.2) is 49.1 Å².